The molecule has 98 valence electrons. The number of halogens is 3. The highest BCUT2D eigenvalue weighted by molar-refractivity contribution is 5.97. The summed E-state index contributed by atoms with van der Waals surface area (Å²) in [5.41, 5.74) is 4.12. The van der Waals surface area contributed by atoms with Crippen LogP contribution in [0.4, 0.5) is 13.2 Å². The molecule has 0 spiro atoms. The Morgan fingerprint density at radius 2 is 1.72 bits per heavy atom. The number of rotatable bonds is 3. The summed E-state index contributed by atoms with van der Waals surface area (Å²) in [4.78, 5) is 22.2. The van der Waals surface area contributed by atoms with Crippen LogP contribution < -0.4 is 11.1 Å². The Hall–Kier alpha value is -2.05. The number of amides is 2. The lowest BCUT2D eigenvalue weighted by Crippen LogP contribution is -2.42. The van der Waals surface area contributed by atoms with Crippen LogP contribution >= 0.6 is 0 Å². The van der Waals surface area contributed by atoms with Gasteiger partial charge in [-0.1, -0.05) is 0 Å². The van der Waals surface area contributed by atoms with Crippen molar-refractivity contribution >= 4 is 11.8 Å². The third-order valence-corrected chi connectivity index (χ3v) is 2.25. The van der Waals surface area contributed by atoms with Gasteiger partial charge in [-0.15, -0.1) is 0 Å². The second-order valence-electron chi connectivity index (χ2n) is 3.67. The summed E-state index contributed by atoms with van der Waals surface area (Å²) >= 11 is 0. The molecule has 0 saturated heterocycles. The van der Waals surface area contributed by atoms with Crippen molar-refractivity contribution in [2.75, 3.05) is 0 Å². The van der Waals surface area contributed by atoms with E-state index in [0.717, 1.165) is 24.3 Å². The maximum Gasteiger partial charge on any atom is 0.416 e. The Labute approximate surface area is 101 Å². The van der Waals surface area contributed by atoms with E-state index in [1.807, 2.05) is 0 Å². The van der Waals surface area contributed by atoms with Gasteiger partial charge in [0.2, 0.25) is 5.91 Å². The third-order valence-electron chi connectivity index (χ3n) is 2.25. The third kappa shape index (κ3) is 3.47. The molecule has 18 heavy (non-hydrogen) atoms. The highest BCUT2D eigenvalue weighted by Gasteiger charge is 2.30. The molecule has 0 aliphatic heterocycles. The quantitative estimate of drug-likeness (QED) is 0.860. The highest BCUT2D eigenvalue weighted by atomic mass is 19.4. The van der Waals surface area contributed by atoms with Crippen LogP contribution in [0.2, 0.25) is 0 Å². The van der Waals surface area contributed by atoms with Crippen molar-refractivity contribution in [3.05, 3.63) is 35.4 Å². The first kappa shape index (κ1) is 14.0. The van der Waals surface area contributed by atoms with E-state index >= 15 is 0 Å². The average molecular weight is 260 g/mol. The van der Waals surface area contributed by atoms with Crippen LogP contribution in [-0.4, -0.2) is 17.9 Å². The molecule has 0 unspecified atom stereocenters. The standard InChI is InChI=1S/C11H11F3N2O2/c1-6(9(15)17)16-10(18)7-2-4-8(5-3-7)11(12,13)14/h2-6H,1H3,(H2,15,17)(H,16,18)/t6-/m1/s1. The van der Waals surface area contributed by atoms with Crippen molar-refractivity contribution in [3.63, 3.8) is 0 Å². The van der Waals surface area contributed by atoms with E-state index in [4.69, 9.17) is 5.73 Å². The first-order valence-corrected chi connectivity index (χ1v) is 4.99. The molecule has 0 aromatic heterocycles. The van der Waals surface area contributed by atoms with E-state index < -0.39 is 29.6 Å². The number of nitrogens with two attached hydrogens (primary N) is 1. The Kier molecular flexibility index (Phi) is 3.95. The van der Waals surface area contributed by atoms with Gasteiger partial charge in [0.1, 0.15) is 6.04 Å². The van der Waals surface area contributed by atoms with E-state index in [1.54, 1.807) is 0 Å². The van der Waals surface area contributed by atoms with Crippen molar-refractivity contribution < 1.29 is 22.8 Å². The molecule has 0 aliphatic rings. The summed E-state index contributed by atoms with van der Waals surface area (Å²) in [7, 11) is 0. The highest BCUT2D eigenvalue weighted by Crippen LogP contribution is 2.28. The average Bonchev–Trinajstić information content (AvgIpc) is 2.27. The molecule has 0 aliphatic carbocycles. The number of benzene rings is 1. The minimum absolute atomic E-state index is 0.0242. The lowest BCUT2D eigenvalue weighted by molar-refractivity contribution is -0.137. The van der Waals surface area contributed by atoms with Crippen molar-refractivity contribution in [3.8, 4) is 0 Å². The molecule has 1 atom stereocenters. The van der Waals surface area contributed by atoms with Crippen LogP contribution in [0.1, 0.15) is 22.8 Å². The summed E-state index contributed by atoms with van der Waals surface area (Å²) in [5, 5.41) is 2.26. The maximum atomic E-state index is 12.3. The predicted octanol–water partition coefficient (Wildman–Crippen LogP) is 1.31. The lowest BCUT2D eigenvalue weighted by Gasteiger charge is -2.11. The monoisotopic (exact) mass is 260 g/mol. The molecule has 0 heterocycles. The zero-order valence-corrected chi connectivity index (χ0v) is 9.41. The SMILES string of the molecule is C[C@@H](NC(=O)c1ccc(C(F)(F)F)cc1)C(N)=O. The molecule has 7 heteroatoms. The van der Waals surface area contributed by atoms with Gasteiger partial charge in [-0.25, -0.2) is 0 Å². The number of alkyl halides is 3. The maximum absolute atomic E-state index is 12.3. The first-order chi connectivity index (χ1) is 8.21. The summed E-state index contributed by atoms with van der Waals surface area (Å²) in [5.74, 6) is -1.38. The van der Waals surface area contributed by atoms with Gasteiger partial charge >= 0.3 is 6.18 Å². The fourth-order valence-corrected chi connectivity index (χ4v) is 1.16. The van der Waals surface area contributed by atoms with Crippen LogP contribution in [0.25, 0.3) is 0 Å². The van der Waals surface area contributed by atoms with Gasteiger partial charge in [0.05, 0.1) is 5.56 Å². The second-order valence-corrected chi connectivity index (χ2v) is 3.67. The van der Waals surface area contributed by atoms with E-state index in [1.165, 1.54) is 6.92 Å². The van der Waals surface area contributed by atoms with Gasteiger partial charge in [-0.3, -0.25) is 9.59 Å². The fourth-order valence-electron chi connectivity index (χ4n) is 1.16. The zero-order valence-electron chi connectivity index (χ0n) is 9.41. The van der Waals surface area contributed by atoms with Crippen molar-refractivity contribution in [1.29, 1.82) is 0 Å². The first-order valence-electron chi connectivity index (χ1n) is 4.99. The number of nitrogens with one attached hydrogen (secondary N) is 1. The van der Waals surface area contributed by atoms with Crippen molar-refractivity contribution in [2.24, 2.45) is 5.73 Å². The summed E-state index contributed by atoms with van der Waals surface area (Å²) in [6.45, 7) is 1.38. The Morgan fingerprint density at radius 1 is 1.22 bits per heavy atom. The summed E-state index contributed by atoms with van der Waals surface area (Å²) in [6.07, 6.45) is -4.45. The Bertz CT molecular complexity index is 454. The van der Waals surface area contributed by atoms with Crippen molar-refractivity contribution in [2.45, 2.75) is 19.1 Å². The molecule has 2 amide bonds. The van der Waals surface area contributed by atoms with Crippen LogP contribution in [0.3, 0.4) is 0 Å². The van der Waals surface area contributed by atoms with Crippen LogP contribution in [0, 0.1) is 0 Å². The minimum atomic E-state index is -4.45. The predicted molar refractivity (Wildman–Crippen MR) is 57.6 cm³/mol. The van der Waals surface area contributed by atoms with E-state index in [2.05, 4.69) is 5.32 Å². The molecule has 1 aromatic rings. The molecular formula is C11H11F3N2O2. The molecular weight excluding hydrogens is 249 g/mol. The van der Waals surface area contributed by atoms with E-state index in [0.29, 0.717) is 0 Å². The largest absolute Gasteiger partial charge is 0.416 e. The van der Waals surface area contributed by atoms with Gasteiger partial charge < -0.3 is 11.1 Å². The molecule has 0 radical (unpaired) electrons. The summed E-state index contributed by atoms with van der Waals surface area (Å²) in [6, 6.07) is 2.77. The fraction of sp³-hybridized carbons (Fsp3) is 0.273. The molecule has 3 N–H and O–H groups in total. The minimum Gasteiger partial charge on any atom is -0.368 e. The number of carbonyl (C=O) groups is 2. The van der Waals surface area contributed by atoms with Gasteiger partial charge in [-0.2, -0.15) is 13.2 Å². The molecule has 0 saturated carbocycles. The van der Waals surface area contributed by atoms with Gasteiger partial charge in [0.25, 0.3) is 5.91 Å². The Balaban J connectivity index is 2.80. The van der Waals surface area contributed by atoms with E-state index in [-0.39, 0.29) is 5.56 Å². The summed E-state index contributed by atoms with van der Waals surface area (Å²) < 4.78 is 36.8. The van der Waals surface area contributed by atoms with Crippen LogP contribution in [0.15, 0.2) is 24.3 Å². The molecule has 1 rings (SSSR count). The molecule has 1 aromatic carbocycles. The molecule has 0 bridgehead atoms. The van der Waals surface area contributed by atoms with Gasteiger partial charge in [0, 0.05) is 5.56 Å². The van der Waals surface area contributed by atoms with Gasteiger partial charge in [-0.05, 0) is 31.2 Å². The number of hydrogen-bond acceptors (Lipinski definition) is 2. The Morgan fingerprint density at radius 3 is 2.11 bits per heavy atom. The zero-order chi connectivity index (χ0) is 13.9. The van der Waals surface area contributed by atoms with E-state index in [9.17, 15) is 22.8 Å². The molecule has 0 fully saturated rings. The van der Waals surface area contributed by atoms with Gasteiger partial charge in [0.15, 0.2) is 0 Å². The van der Waals surface area contributed by atoms with Crippen LogP contribution in [0.5, 0.6) is 0 Å². The topological polar surface area (TPSA) is 72.2 Å². The number of primary amides is 1. The number of carbonyl (C=O) groups excluding carboxylic acids is 2. The van der Waals surface area contributed by atoms with Crippen molar-refractivity contribution in [1.82, 2.24) is 5.32 Å². The smallest absolute Gasteiger partial charge is 0.368 e. The number of hydrogen-bond donors (Lipinski definition) is 2. The normalized spacial score (nSPS) is 12.9. The van der Waals surface area contributed by atoms with Crippen LogP contribution in [-0.2, 0) is 11.0 Å². The second kappa shape index (κ2) is 5.07. The molecule has 4 nitrogen and oxygen atoms in total. The lowest BCUT2D eigenvalue weighted by atomic mass is 10.1.